The number of amides is 1. The Bertz CT molecular complexity index is 871. The van der Waals surface area contributed by atoms with Crippen molar-refractivity contribution in [3.05, 3.63) is 59.2 Å². The first-order valence-electron chi connectivity index (χ1n) is 10.1. The molecule has 6 nitrogen and oxygen atoms in total. The minimum atomic E-state index is -0.160. The van der Waals surface area contributed by atoms with Crippen molar-refractivity contribution in [2.45, 2.75) is 38.0 Å². The summed E-state index contributed by atoms with van der Waals surface area (Å²) in [6, 6.07) is 14.2. The summed E-state index contributed by atoms with van der Waals surface area (Å²) in [6.07, 6.45) is 1.53. The Kier molecular flexibility index (Phi) is 5.74. The van der Waals surface area contributed by atoms with Gasteiger partial charge in [0.2, 0.25) is 5.91 Å². The number of rotatable bonds is 5. The van der Waals surface area contributed by atoms with Gasteiger partial charge in [-0.1, -0.05) is 30.3 Å². The summed E-state index contributed by atoms with van der Waals surface area (Å²) < 4.78 is 10.9. The Labute approximate surface area is 172 Å². The molecule has 0 bridgehead atoms. The second-order valence-electron chi connectivity index (χ2n) is 7.91. The van der Waals surface area contributed by atoms with Crippen molar-refractivity contribution in [1.29, 1.82) is 0 Å². The van der Waals surface area contributed by atoms with Crippen LogP contribution >= 0.6 is 0 Å². The van der Waals surface area contributed by atoms with E-state index in [2.05, 4.69) is 17.0 Å². The van der Waals surface area contributed by atoms with Gasteiger partial charge in [0.15, 0.2) is 11.5 Å². The molecule has 0 aromatic heterocycles. The number of carbonyl (C=O) groups is 1. The van der Waals surface area contributed by atoms with Gasteiger partial charge in [-0.2, -0.15) is 0 Å². The first-order chi connectivity index (χ1) is 14.1. The molecule has 1 fully saturated rings. The molecule has 29 heavy (non-hydrogen) atoms. The summed E-state index contributed by atoms with van der Waals surface area (Å²) >= 11 is 0. The van der Waals surface area contributed by atoms with Gasteiger partial charge < -0.3 is 20.1 Å². The molecule has 0 spiro atoms. The van der Waals surface area contributed by atoms with Crippen LogP contribution in [0.4, 0.5) is 0 Å². The smallest absolute Gasteiger partial charge is 0.240 e. The zero-order chi connectivity index (χ0) is 20.4. The third-order valence-electron chi connectivity index (χ3n) is 5.98. The van der Waals surface area contributed by atoms with E-state index in [0.717, 1.165) is 30.8 Å². The van der Waals surface area contributed by atoms with Crippen molar-refractivity contribution in [1.82, 2.24) is 9.80 Å². The first kappa shape index (κ1) is 19.7. The van der Waals surface area contributed by atoms with E-state index in [4.69, 9.17) is 15.2 Å². The van der Waals surface area contributed by atoms with Gasteiger partial charge in [-0.05, 0) is 41.7 Å². The highest BCUT2D eigenvalue weighted by Gasteiger charge is 2.38. The summed E-state index contributed by atoms with van der Waals surface area (Å²) in [7, 11) is 3.28. The molecule has 1 amide bonds. The number of fused-ring (bicyclic) bond motifs is 1. The van der Waals surface area contributed by atoms with Gasteiger partial charge in [0.1, 0.15) is 0 Å². The van der Waals surface area contributed by atoms with Gasteiger partial charge in [0, 0.05) is 32.2 Å². The maximum absolute atomic E-state index is 13.4. The molecule has 2 N–H and O–H groups in total. The Hall–Kier alpha value is -2.57. The van der Waals surface area contributed by atoms with Gasteiger partial charge >= 0.3 is 0 Å². The predicted octanol–water partition coefficient (Wildman–Crippen LogP) is 2.19. The van der Waals surface area contributed by atoms with Crippen molar-refractivity contribution in [3.8, 4) is 11.5 Å². The average molecular weight is 396 g/mol. The molecule has 1 saturated heterocycles. The van der Waals surface area contributed by atoms with Crippen molar-refractivity contribution >= 4 is 5.91 Å². The van der Waals surface area contributed by atoms with Crippen LogP contribution in [-0.2, 0) is 24.3 Å². The third kappa shape index (κ3) is 4.09. The van der Waals surface area contributed by atoms with Crippen LogP contribution in [0, 0.1) is 0 Å². The lowest BCUT2D eigenvalue weighted by Gasteiger charge is -2.34. The lowest BCUT2D eigenvalue weighted by Crippen LogP contribution is -2.47. The zero-order valence-electron chi connectivity index (χ0n) is 17.1. The summed E-state index contributed by atoms with van der Waals surface area (Å²) in [5, 5.41) is 0. The number of nitrogens with zero attached hydrogens (tertiary/aromatic N) is 2. The van der Waals surface area contributed by atoms with Gasteiger partial charge in [0.05, 0.1) is 20.3 Å². The van der Waals surface area contributed by atoms with Crippen LogP contribution in [0.5, 0.6) is 11.5 Å². The van der Waals surface area contributed by atoms with Gasteiger partial charge in [0.25, 0.3) is 0 Å². The maximum Gasteiger partial charge on any atom is 0.240 e. The van der Waals surface area contributed by atoms with Crippen LogP contribution in [0.15, 0.2) is 42.5 Å². The van der Waals surface area contributed by atoms with Crippen molar-refractivity contribution < 1.29 is 14.3 Å². The molecule has 2 aromatic carbocycles. The van der Waals surface area contributed by atoms with Crippen LogP contribution in [0.3, 0.4) is 0 Å². The Morgan fingerprint density at radius 3 is 2.48 bits per heavy atom. The fraction of sp³-hybridized carbons (Fsp3) is 0.435. The van der Waals surface area contributed by atoms with Crippen LogP contribution in [0.2, 0.25) is 0 Å². The second kappa shape index (κ2) is 8.43. The normalized spacial score (nSPS) is 21.7. The molecule has 2 aromatic rings. The van der Waals surface area contributed by atoms with Gasteiger partial charge in [-0.25, -0.2) is 0 Å². The fourth-order valence-corrected chi connectivity index (χ4v) is 4.47. The molecule has 2 heterocycles. The Morgan fingerprint density at radius 2 is 1.79 bits per heavy atom. The van der Waals surface area contributed by atoms with E-state index in [1.807, 2.05) is 35.2 Å². The van der Waals surface area contributed by atoms with Gasteiger partial charge in [-0.15, -0.1) is 0 Å². The lowest BCUT2D eigenvalue weighted by molar-refractivity contribution is -0.137. The van der Waals surface area contributed by atoms with Gasteiger partial charge in [-0.3, -0.25) is 9.69 Å². The van der Waals surface area contributed by atoms with E-state index in [-0.39, 0.29) is 18.0 Å². The van der Waals surface area contributed by atoms with E-state index in [1.165, 1.54) is 11.1 Å². The van der Waals surface area contributed by atoms with Crippen molar-refractivity contribution in [2.75, 3.05) is 27.3 Å². The van der Waals surface area contributed by atoms with E-state index < -0.39 is 0 Å². The molecule has 0 radical (unpaired) electrons. The molecular formula is C23H29N3O3. The summed E-state index contributed by atoms with van der Waals surface area (Å²) in [4.78, 5) is 17.6. The van der Waals surface area contributed by atoms with E-state index in [9.17, 15) is 4.79 Å². The monoisotopic (exact) mass is 395 g/mol. The Balaban J connectivity index is 1.50. The quantitative estimate of drug-likeness (QED) is 0.841. The van der Waals surface area contributed by atoms with Crippen LogP contribution in [0.1, 0.15) is 23.1 Å². The minimum absolute atomic E-state index is 0.0362. The number of carbonyl (C=O) groups excluding carboxylic acids is 1. The van der Waals surface area contributed by atoms with Crippen molar-refractivity contribution in [2.24, 2.45) is 5.73 Å². The van der Waals surface area contributed by atoms with E-state index in [1.54, 1.807) is 14.2 Å². The summed E-state index contributed by atoms with van der Waals surface area (Å²) in [5.41, 5.74) is 9.79. The van der Waals surface area contributed by atoms with E-state index >= 15 is 0 Å². The summed E-state index contributed by atoms with van der Waals surface area (Å²) in [5.74, 6) is 1.62. The number of hydrogen-bond acceptors (Lipinski definition) is 5. The summed E-state index contributed by atoms with van der Waals surface area (Å²) in [6.45, 7) is 2.81. The fourth-order valence-electron chi connectivity index (χ4n) is 4.47. The highest BCUT2D eigenvalue weighted by molar-refractivity contribution is 5.82. The molecule has 154 valence electrons. The number of methoxy groups -OCH3 is 2. The Morgan fingerprint density at radius 1 is 1.10 bits per heavy atom. The maximum atomic E-state index is 13.4. The predicted molar refractivity (Wildman–Crippen MR) is 112 cm³/mol. The number of nitrogens with two attached hydrogens (primary N) is 1. The molecule has 0 saturated carbocycles. The molecule has 0 unspecified atom stereocenters. The minimum Gasteiger partial charge on any atom is -0.493 e. The first-order valence-corrected chi connectivity index (χ1v) is 10.1. The number of hydrogen-bond donors (Lipinski definition) is 1. The number of ether oxygens (including phenoxy) is 2. The molecule has 2 aliphatic heterocycles. The molecule has 4 rings (SSSR count). The largest absolute Gasteiger partial charge is 0.493 e. The number of likely N-dealkylation sites (tertiary alicyclic amines) is 1. The van der Waals surface area contributed by atoms with Crippen molar-refractivity contribution in [3.63, 3.8) is 0 Å². The lowest BCUT2D eigenvalue weighted by atomic mass is 9.98. The van der Waals surface area contributed by atoms with Crippen LogP contribution in [0.25, 0.3) is 0 Å². The molecule has 0 aliphatic carbocycles. The molecular weight excluding hydrogens is 366 g/mol. The molecule has 2 atom stereocenters. The standard InChI is InChI=1S/C23H29N3O3/c1-28-21-10-17-8-9-25(14-18(17)11-22(21)29-2)23(27)20-12-19(24)15-26(20)13-16-6-4-3-5-7-16/h3-7,10-11,19-20H,8-9,12-15,24H2,1-2H3/t19-,20-/m0/s1. The highest BCUT2D eigenvalue weighted by atomic mass is 16.5. The highest BCUT2D eigenvalue weighted by Crippen LogP contribution is 2.34. The second-order valence-corrected chi connectivity index (χ2v) is 7.91. The number of benzene rings is 2. The molecule has 2 aliphatic rings. The topological polar surface area (TPSA) is 68.0 Å². The van der Waals surface area contributed by atoms with Crippen LogP contribution < -0.4 is 15.2 Å². The third-order valence-corrected chi connectivity index (χ3v) is 5.98. The SMILES string of the molecule is COc1cc2c(cc1OC)CN(C(=O)[C@@H]1C[C@H](N)CN1Cc1ccccc1)CC2. The average Bonchev–Trinajstić information content (AvgIpc) is 3.12. The van der Waals surface area contributed by atoms with Crippen LogP contribution in [-0.4, -0.2) is 55.1 Å². The zero-order valence-corrected chi connectivity index (χ0v) is 17.1. The molecule has 6 heteroatoms. The van der Waals surface area contributed by atoms with E-state index in [0.29, 0.717) is 25.3 Å².